The van der Waals surface area contributed by atoms with Gasteiger partial charge in [-0.3, -0.25) is 9.59 Å². The Morgan fingerprint density at radius 3 is 2.50 bits per heavy atom. The fourth-order valence-electron chi connectivity index (χ4n) is 4.03. The molecule has 1 saturated carbocycles. The first kappa shape index (κ1) is 24.2. The van der Waals surface area contributed by atoms with E-state index < -0.39 is 6.04 Å². The molecule has 5 nitrogen and oxygen atoms in total. The molecule has 0 spiro atoms. The van der Waals surface area contributed by atoms with Crippen molar-refractivity contribution in [1.82, 2.24) is 10.2 Å². The Balaban J connectivity index is 1.67. The molecule has 0 saturated heterocycles. The fraction of sp³-hybridized carbons (Fsp3) is 0.462. The molecule has 0 radical (unpaired) electrons. The van der Waals surface area contributed by atoms with E-state index in [4.69, 9.17) is 4.74 Å². The van der Waals surface area contributed by atoms with Crippen LogP contribution in [0.5, 0.6) is 5.75 Å². The van der Waals surface area contributed by atoms with Gasteiger partial charge in [-0.15, -0.1) is 11.8 Å². The van der Waals surface area contributed by atoms with Gasteiger partial charge < -0.3 is 15.0 Å². The summed E-state index contributed by atoms with van der Waals surface area (Å²) in [6.45, 7) is 2.21. The van der Waals surface area contributed by atoms with Gasteiger partial charge in [0.25, 0.3) is 0 Å². The quantitative estimate of drug-likeness (QED) is 0.561. The number of hydrogen-bond acceptors (Lipinski definition) is 4. The predicted molar refractivity (Wildman–Crippen MR) is 131 cm³/mol. The smallest absolute Gasteiger partial charge is 0.242 e. The molecular weight excluding hydrogens is 420 g/mol. The van der Waals surface area contributed by atoms with Crippen LogP contribution in [0.15, 0.2) is 54.6 Å². The number of hydrogen-bond donors (Lipinski definition) is 1. The molecular formula is C26H34N2O3S. The van der Waals surface area contributed by atoms with E-state index in [2.05, 4.69) is 17.4 Å². The van der Waals surface area contributed by atoms with E-state index in [1.54, 1.807) is 23.8 Å². The number of carbonyl (C=O) groups excluding carboxylic acids is 2. The predicted octanol–water partition coefficient (Wildman–Crippen LogP) is 4.79. The molecule has 1 aliphatic carbocycles. The van der Waals surface area contributed by atoms with Crippen molar-refractivity contribution >= 4 is 23.6 Å². The minimum absolute atomic E-state index is 0.0277. The van der Waals surface area contributed by atoms with Crippen LogP contribution >= 0.6 is 11.8 Å². The first-order valence-electron chi connectivity index (χ1n) is 11.4. The Morgan fingerprint density at radius 1 is 1.06 bits per heavy atom. The first-order chi connectivity index (χ1) is 15.6. The molecule has 0 bridgehead atoms. The van der Waals surface area contributed by atoms with Gasteiger partial charge in [0.15, 0.2) is 0 Å². The van der Waals surface area contributed by atoms with E-state index in [1.165, 1.54) is 12.0 Å². The lowest BCUT2D eigenvalue weighted by Crippen LogP contribution is -2.50. The number of amides is 2. The van der Waals surface area contributed by atoms with Crippen LogP contribution in [0.3, 0.4) is 0 Å². The van der Waals surface area contributed by atoms with Crippen molar-refractivity contribution in [2.24, 2.45) is 0 Å². The Bertz CT molecular complexity index is 868. The van der Waals surface area contributed by atoms with Crippen molar-refractivity contribution in [2.45, 2.75) is 63.4 Å². The number of carbonyl (C=O) groups is 2. The highest BCUT2D eigenvalue weighted by atomic mass is 32.2. The Morgan fingerprint density at radius 2 is 1.78 bits per heavy atom. The van der Waals surface area contributed by atoms with Crippen LogP contribution < -0.4 is 10.1 Å². The molecule has 1 atom stereocenters. The molecule has 0 heterocycles. The van der Waals surface area contributed by atoms with Gasteiger partial charge in [-0.1, -0.05) is 61.7 Å². The van der Waals surface area contributed by atoms with Crippen LogP contribution in [-0.2, 0) is 21.9 Å². The van der Waals surface area contributed by atoms with E-state index in [-0.39, 0.29) is 17.9 Å². The molecule has 32 heavy (non-hydrogen) atoms. The van der Waals surface area contributed by atoms with Gasteiger partial charge in [0.2, 0.25) is 11.8 Å². The second-order valence-corrected chi connectivity index (χ2v) is 9.36. The zero-order valence-corrected chi connectivity index (χ0v) is 19.9. The van der Waals surface area contributed by atoms with Crippen molar-refractivity contribution in [3.8, 4) is 5.75 Å². The molecule has 1 fully saturated rings. The van der Waals surface area contributed by atoms with Crippen molar-refractivity contribution in [1.29, 1.82) is 0 Å². The van der Waals surface area contributed by atoms with Crippen LogP contribution in [0, 0.1) is 0 Å². The zero-order valence-electron chi connectivity index (χ0n) is 19.1. The highest BCUT2D eigenvalue weighted by Crippen LogP contribution is 2.20. The van der Waals surface area contributed by atoms with Gasteiger partial charge >= 0.3 is 0 Å². The number of ether oxygens (including phenoxy) is 1. The summed E-state index contributed by atoms with van der Waals surface area (Å²) < 4.78 is 5.33. The summed E-state index contributed by atoms with van der Waals surface area (Å²) in [6, 6.07) is 17.5. The number of nitrogens with zero attached hydrogens (tertiary/aromatic N) is 1. The first-order valence-corrected chi connectivity index (χ1v) is 12.6. The molecule has 0 aromatic heterocycles. The molecule has 0 unspecified atom stereocenters. The minimum Gasteiger partial charge on any atom is -0.497 e. The zero-order chi connectivity index (χ0) is 22.8. The van der Waals surface area contributed by atoms with Gasteiger partial charge in [0.05, 0.1) is 12.9 Å². The maximum absolute atomic E-state index is 13.2. The summed E-state index contributed by atoms with van der Waals surface area (Å²) in [4.78, 5) is 28.0. The summed E-state index contributed by atoms with van der Waals surface area (Å²) >= 11 is 1.58. The number of nitrogens with one attached hydrogen (secondary N) is 1. The summed E-state index contributed by atoms with van der Waals surface area (Å²) in [7, 11) is 1.63. The van der Waals surface area contributed by atoms with E-state index in [9.17, 15) is 9.59 Å². The van der Waals surface area contributed by atoms with E-state index in [0.717, 1.165) is 42.7 Å². The van der Waals surface area contributed by atoms with Crippen molar-refractivity contribution in [3.05, 3.63) is 65.7 Å². The fourth-order valence-corrected chi connectivity index (χ4v) is 4.90. The summed E-state index contributed by atoms with van der Waals surface area (Å²) in [5, 5.41) is 3.18. The maximum Gasteiger partial charge on any atom is 0.242 e. The van der Waals surface area contributed by atoms with E-state index >= 15 is 0 Å². The highest BCUT2D eigenvalue weighted by Gasteiger charge is 2.28. The van der Waals surface area contributed by atoms with Crippen molar-refractivity contribution < 1.29 is 14.3 Å². The second kappa shape index (κ2) is 12.5. The van der Waals surface area contributed by atoms with Crippen LogP contribution in [-0.4, -0.2) is 41.7 Å². The molecule has 6 heteroatoms. The number of benzene rings is 2. The Hall–Kier alpha value is -2.47. The lowest BCUT2D eigenvalue weighted by atomic mass is 9.95. The summed E-state index contributed by atoms with van der Waals surface area (Å²) in [5.41, 5.74) is 2.14. The van der Waals surface area contributed by atoms with Crippen LogP contribution in [0.4, 0.5) is 0 Å². The number of thioether (sulfide) groups is 1. The van der Waals surface area contributed by atoms with Crippen molar-refractivity contribution in [2.75, 3.05) is 12.9 Å². The summed E-state index contributed by atoms with van der Waals surface area (Å²) in [5.74, 6) is 1.75. The third-order valence-electron chi connectivity index (χ3n) is 5.94. The average molecular weight is 455 g/mol. The third-order valence-corrected chi connectivity index (χ3v) is 6.93. The molecule has 2 aromatic rings. The van der Waals surface area contributed by atoms with Gasteiger partial charge in [-0.05, 0) is 43.0 Å². The Labute approximate surface area is 195 Å². The van der Waals surface area contributed by atoms with Crippen LogP contribution in [0.25, 0.3) is 0 Å². The standard InChI is InChI=1S/C26H34N2O3S/c1-20(26(30)27-23-13-7-4-8-14-23)28(17-22-12-9-15-24(16-22)31-2)25(29)19-32-18-21-10-5-3-6-11-21/h3,5-6,9-12,15-16,20,23H,4,7-8,13-14,17-19H2,1-2H3,(H,27,30)/t20-/m0/s1. The normalized spacial score (nSPS) is 15.1. The van der Waals surface area contributed by atoms with Crippen molar-refractivity contribution in [3.63, 3.8) is 0 Å². The monoisotopic (exact) mass is 454 g/mol. The van der Waals surface area contributed by atoms with Gasteiger partial charge in [0.1, 0.15) is 11.8 Å². The molecule has 2 aromatic carbocycles. The number of rotatable bonds is 10. The molecule has 1 aliphatic rings. The molecule has 2 amide bonds. The van der Waals surface area contributed by atoms with E-state index in [0.29, 0.717) is 12.3 Å². The lowest BCUT2D eigenvalue weighted by Gasteiger charge is -2.31. The maximum atomic E-state index is 13.2. The highest BCUT2D eigenvalue weighted by molar-refractivity contribution is 7.99. The largest absolute Gasteiger partial charge is 0.497 e. The topological polar surface area (TPSA) is 58.6 Å². The minimum atomic E-state index is -0.534. The molecule has 3 rings (SSSR count). The second-order valence-electron chi connectivity index (χ2n) is 8.37. The van der Waals surface area contributed by atoms with Crippen LogP contribution in [0.1, 0.15) is 50.2 Å². The SMILES string of the molecule is COc1cccc(CN(C(=O)CSCc2ccccc2)[C@@H](C)C(=O)NC2CCCCC2)c1. The molecule has 1 N–H and O–H groups in total. The Kier molecular flexibility index (Phi) is 9.47. The summed E-state index contributed by atoms with van der Waals surface area (Å²) in [6.07, 6.45) is 5.59. The van der Waals surface area contributed by atoms with Crippen LogP contribution in [0.2, 0.25) is 0 Å². The van der Waals surface area contributed by atoms with E-state index in [1.807, 2.05) is 49.4 Å². The number of methoxy groups -OCH3 is 1. The van der Waals surface area contributed by atoms with Gasteiger partial charge in [-0.25, -0.2) is 0 Å². The molecule has 0 aliphatic heterocycles. The van der Waals surface area contributed by atoms with Gasteiger partial charge in [-0.2, -0.15) is 0 Å². The molecule has 172 valence electrons. The average Bonchev–Trinajstić information content (AvgIpc) is 2.83. The lowest BCUT2D eigenvalue weighted by molar-refractivity contribution is -0.139. The third kappa shape index (κ3) is 7.30. The van der Waals surface area contributed by atoms with Gasteiger partial charge in [0, 0.05) is 18.3 Å².